The molecular formula is C28H31F4N3O. The first-order valence-electron chi connectivity index (χ1n) is 12.1. The normalized spacial score (nSPS) is 17.0. The molecule has 2 heterocycles. The van der Waals surface area contributed by atoms with Gasteiger partial charge in [-0.05, 0) is 73.3 Å². The Kier molecular flexibility index (Phi) is 8.26. The Morgan fingerprint density at radius 3 is 2.36 bits per heavy atom. The number of halogens is 4. The first-order valence-corrected chi connectivity index (χ1v) is 12.1. The van der Waals surface area contributed by atoms with E-state index in [9.17, 15) is 17.6 Å². The van der Waals surface area contributed by atoms with Gasteiger partial charge in [-0.1, -0.05) is 37.3 Å². The van der Waals surface area contributed by atoms with E-state index in [-0.39, 0.29) is 29.6 Å². The number of nitrogens with zero attached hydrogens (tertiary/aromatic N) is 2. The van der Waals surface area contributed by atoms with Gasteiger partial charge in [-0.25, -0.2) is 4.39 Å². The number of ether oxygens (including phenoxy) is 1. The smallest absolute Gasteiger partial charge is 0.419 e. The monoisotopic (exact) mass is 501 g/mol. The molecule has 192 valence electrons. The van der Waals surface area contributed by atoms with E-state index in [0.29, 0.717) is 6.54 Å². The molecule has 0 radical (unpaired) electrons. The summed E-state index contributed by atoms with van der Waals surface area (Å²) in [5, 5.41) is 3.65. The number of piperidine rings is 1. The molecule has 36 heavy (non-hydrogen) atoms. The first-order chi connectivity index (χ1) is 17.2. The summed E-state index contributed by atoms with van der Waals surface area (Å²) in [6.07, 6.45) is -0.796. The molecule has 4 rings (SSSR count). The second-order valence-electron chi connectivity index (χ2n) is 9.61. The van der Waals surface area contributed by atoms with Crippen LogP contribution < -0.4 is 10.1 Å². The molecule has 8 heteroatoms. The SMILES string of the molecule is CC1(CNC(c2ccc(F)cc2)c2ccccn2)CCN(CCOc2ccccc2C(F)(F)F)CC1. The summed E-state index contributed by atoms with van der Waals surface area (Å²) in [5.41, 5.74) is 1.13. The van der Waals surface area contributed by atoms with Crippen molar-refractivity contribution in [3.8, 4) is 5.75 Å². The Morgan fingerprint density at radius 1 is 1.00 bits per heavy atom. The number of nitrogens with one attached hydrogen (secondary N) is 1. The molecule has 2 aromatic carbocycles. The molecule has 1 saturated heterocycles. The van der Waals surface area contributed by atoms with Crippen LogP contribution in [0.1, 0.15) is 42.6 Å². The van der Waals surface area contributed by atoms with Gasteiger partial charge in [0, 0.05) is 19.3 Å². The maximum atomic E-state index is 13.5. The third-order valence-corrected chi connectivity index (χ3v) is 6.84. The van der Waals surface area contributed by atoms with Crippen LogP contribution in [-0.2, 0) is 6.18 Å². The summed E-state index contributed by atoms with van der Waals surface area (Å²) in [7, 11) is 0. The lowest BCUT2D eigenvalue weighted by molar-refractivity contribution is -0.139. The highest BCUT2D eigenvalue weighted by Crippen LogP contribution is 2.36. The van der Waals surface area contributed by atoms with E-state index in [1.807, 2.05) is 18.2 Å². The van der Waals surface area contributed by atoms with Crippen LogP contribution in [0.3, 0.4) is 0 Å². The summed E-state index contributed by atoms with van der Waals surface area (Å²) in [4.78, 5) is 6.74. The fraction of sp³-hybridized carbons (Fsp3) is 0.393. The Labute approximate surface area is 209 Å². The summed E-state index contributed by atoms with van der Waals surface area (Å²) in [6.45, 7) is 5.46. The molecule has 1 aliphatic heterocycles. The lowest BCUT2D eigenvalue weighted by Gasteiger charge is -2.40. The Bertz CT molecular complexity index is 1100. The van der Waals surface area contributed by atoms with Crippen LogP contribution in [0.25, 0.3) is 0 Å². The first kappa shape index (κ1) is 26.1. The molecule has 1 unspecified atom stereocenters. The molecular weight excluding hydrogens is 470 g/mol. The van der Waals surface area contributed by atoms with Crippen LogP contribution >= 0.6 is 0 Å². The number of benzene rings is 2. The maximum absolute atomic E-state index is 13.5. The van der Waals surface area contributed by atoms with E-state index in [0.717, 1.165) is 49.8 Å². The molecule has 1 N–H and O–H groups in total. The third-order valence-electron chi connectivity index (χ3n) is 6.84. The second-order valence-corrected chi connectivity index (χ2v) is 9.61. The van der Waals surface area contributed by atoms with Gasteiger partial charge in [0.05, 0.1) is 17.3 Å². The zero-order valence-electron chi connectivity index (χ0n) is 20.3. The van der Waals surface area contributed by atoms with Crippen LogP contribution in [0.5, 0.6) is 5.75 Å². The predicted octanol–water partition coefficient (Wildman–Crippen LogP) is 6.10. The number of aromatic nitrogens is 1. The average molecular weight is 502 g/mol. The van der Waals surface area contributed by atoms with E-state index in [1.165, 1.54) is 24.3 Å². The van der Waals surface area contributed by atoms with Gasteiger partial charge in [-0.15, -0.1) is 0 Å². The van der Waals surface area contributed by atoms with Crippen molar-refractivity contribution >= 4 is 0 Å². The maximum Gasteiger partial charge on any atom is 0.419 e. The summed E-state index contributed by atoms with van der Waals surface area (Å²) < 4.78 is 58.5. The van der Waals surface area contributed by atoms with Crippen molar-refractivity contribution < 1.29 is 22.3 Å². The third kappa shape index (κ3) is 6.83. The van der Waals surface area contributed by atoms with Crippen molar-refractivity contribution in [3.05, 3.63) is 95.6 Å². The summed E-state index contributed by atoms with van der Waals surface area (Å²) in [5.74, 6) is -0.402. The van der Waals surface area contributed by atoms with E-state index in [1.54, 1.807) is 24.4 Å². The number of hydrogen-bond acceptors (Lipinski definition) is 4. The van der Waals surface area contributed by atoms with Crippen molar-refractivity contribution in [2.75, 3.05) is 32.8 Å². The molecule has 1 atom stereocenters. The topological polar surface area (TPSA) is 37.4 Å². The highest BCUT2D eigenvalue weighted by atomic mass is 19.4. The molecule has 1 fully saturated rings. The zero-order chi connectivity index (χ0) is 25.6. The molecule has 0 aliphatic carbocycles. The average Bonchev–Trinajstić information content (AvgIpc) is 2.87. The lowest BCUT2D eigenvalue weighted by atomic mass is 9.80. The highest BCUT2D eigenvalue weighted by molar-refractivity contribution is 5.35. The predicted molar refractivity (Wildman–Crippen MR) is 131 cm³/mol. The number of alkyl halides is 3. The van der Waals surface area contributed by atoms with E-state index < -0.39 is 11.7 Å². The Balaban J connectivity index is 1.30. The largest absolute Gasteiger partial charge is 0.492 e. The van der Waals surface area contributed by atoms with Gasteiger partial charge < -0.3 is 10.1 Å². The van der Waals surface area contributed by atoms with Crippen LogP contribution in [-0.4, -0.2) is 42.7 Å². The van der Waals surface area contributed by atoms with Crippen molar-refractivity contribution in [1.29, 1.82) is 0 Å². The van der Waals surface area contributed by atoms with E-state index in [4.69, 9.17) is 4.74 Å². The van der Waals surface area contributed by atoms with Gasteiger partial charge in [0.25, 0.3) is 0 Å². The van der Waals surface area contributed by atoms with Crippen molar-refractivity contribution in [2.45, 2.75) is 32.0 Å². The van der Waals surface area contributed by atoms with Crippen LogP contribution in [0.4, 0.5) is 17.6 Å². The molecule has 0 amide bonds. The molecule has 3 aromatic rings. The van der Waals surface area contributed by atoms with Crippen molar-refractivity contribution in [3.63, 3.8) is 0 Å². The van der Waals surface area contributed by atoms with E-state index in [2.05, 4.69) is 22.1 Å². The van der Waals surface area contributed by atoms with Crippen molar-refractivity contribution in [2.24, 2.45) is 5.41 Å². The quantitative estimate of drug-likeness (QED) is 0.360. The van der Waals surface area contributed by atoms with Crippen LogP contribution in [0.2, 0.25) is 0 Å². The van der Waals surface area contributed by atoms with Gasteiger partial charge in [0.15, 0.2) is 0 Å². The summed E-state index contributed by atoms with van der Waals surface area (Å²) in [6, 6.07) is 17.4. The zero-order valence-corrected chi connectivity index (χ0v) is 20.3. The standard InChI is InChI=1S/C28H31F4N3O/c1-27(20-34-26(24-7-4-5-15-33-24)21-9-11-22(29)12-10-21)13-16-35(17-14-27)18-19-36-25-8-3-2-6-23(25)28(30,31)32/h2-12,15,26,34H,13-14,16-20H2,1H3. The number of para-hydroxylation sites is 1. The molecule has 1 aliphatic rings. The second kappa shape index (κ2) is 11.4. The van der Waals surface area contributed by atoms with Gasteiger partial charge >= 0.3 is 6.18 Å². The van der Waals surface area contributed by atoms with E-state index >= 15 is 0 Å². The van der Waals surface area contributed by atoms with Gasteiger partial charge in [-0.2, -0.15) is 13.2 Å². The molecule has 4 nitrogen and oxygen atoms in total. The van der Waals surface area contributed by atoms with Gasteiger partial charge in [0.1, 0.15) is 18.2 Å². The molecule has 0 bridgehead atoms. The van der Waals surface area contributed by atoms with Crippen molar-refractivity contribution in [1.82, 2.24) is 15.2 Å². The molecule has 0 saturated carbocycles. The number of rotatable bonds is 9. The lowest BCUT2D eigenvalue weighted by Crippen LogP contribution is -2.45. The van der Waals surface area contributed by atoms with Gasteiger partial charge in [0.2, 0.25) is 0 Å². The fourth-order valence-electron chi connectivity index (χ4n) is 4.55. The summed E-state index contributed by atoms with van der Waals surface area (Å²) >= 11 is 0. The minimum atomic E-state index is -4.43. The van der Waals surface area contributed by atoms with Gasteiger partial charge in [-0.3, -0.25) is 9.88 Å². The Hall–Kier alpha value is -2.97. The number of hydrogen-bond donors (Lipinski definition) is 1. The molecule has 0 spiro atoms. The highest BCUT2D eigenvalue weighted by Gasteiger charge is 2.34. The number of likely N-dealkylation sites (tertiary alicyclic amines) is 1. The minimum Gasteiger partial charge on any atom is -0.492 e. The minimum absolute atomic E-state index is 0.0489. The van der Waals surface area contributed by atoms with Crippen LogP contribution in [0.15, 0.2) is 72.9 Å². The number of pyridine rings is 1. The molecule has 1 aromatic heterocycles. The Morgan fingerprint density at radius 2 is 1.69 bits per heavy atom. The van der Waals surface area contributed by atoms with Crippen LogP contribution in [0, 0.1) is 11.2 Å². The fourth-order valence-corrected chi connectivity index (χ4v) is 4.55.